The highest BCUT2D eigenvalue weighted by Crippen LogP contribution is 2.39. The van der Waals surface area contributed by atoms with Gasteiger partial charge < -0.3 is 4.74 Å². The van der Waals surface area contributed by atoms with Crippen LogP contribution in [0.15, 0.2) is 11.2 Å². The van der Waals surface area contributed by atoms with Crippen LogP contribution in [0, 0.1) is 11.8 Å². The number of allylic oxidation sites excluding steroid dienone is 1. The summed E-state index contributed by atoms with van der Waals surface area (Å²) in [7, 11) is 0. The van der Waals surface area contributed by atoms with Gasteiger partial charge >= 0.3 is 0 Å². The number of thioether (sulfide) groups is 2. The summed E-state index contributed by atoms with van der Waals surface area (Å²) in [6.45, 7) is 8.75. The van der Waals surface area contributed by atoms with E-state index in [1.807, 2.05) is 11.8 Å². The molecule has 18 heavy (non-hydrogen) atoms. The molecule has 104 valence electrons. The summed E-state index contributed by atoms with van der Waals surface area (Å²) in [5, 5.41) is 0. The van der Waals surface area contributed by atoms with Crippen molar-refractivity contribution in [3.63, 3.8) is 0 Å². The largest absolute Gasteiger partial charge is 0.476 e. The minimum absolute atomic E-state index is 0.580. The highest BCUT2D eigenvalue weighted by atomic mass is 32.2. The van der Waals surface area contributed by atoms with Crippen molar-refractivity contribution < 1.29 is 9.53 Å². The minimum atomic E-state index is -0.633. The standard InChI is InChI=1S/C14H24O2S2/c1-11(2)8-17-13-5-6-14(10-15,16-7-13)18-9-12(3)4/h7,10-12H,5-6,8-9H2,1-4H3. The molecule has 1 heterocycles. The Bertz CT molecular complexity index is 300. The van der Waals surface area contributed by atoms with Gasteiger partial charge in [-0.2, -0.15) is 0 Å². The molecule has 0 aromatic carbocycles. The van der Waals surface area contributed by atoms with Crippen molar-refractivity contribution >= 4 is 29.8 Å². The number of rotatable bonds is 7. The zero-order valence-electron chi connectivity index (χ0n) is 11.8. The highest BCUT2D eigenvalue weighted by molar-refractivity contribution is 8.03. The van der Waals surface area contributed by atoms with Crippen LogP contribution >= 0.6 is 23.5 Å². The summed E-state index contributed by atoms with van der Waals surface area (Å²) in [6.07, 6.45) is 4.53. The van der Waals surface area contributed by atoms with Crippen molar-refractivity contribution in [3.05, 3.63) is 11.2 Å². The van der Waals surface area contributed by atoms with Gasteiger partial charge in [-0.1, -0.05) is 27.7 Å². The van der Waals surface area contributed by atoms with Crippen molar-refractivity contribution in [2.24, 2.45) is 11.8 Å². The van der Waals surface area contributed by atoms with E-state index in [4.69, 9.17) is 4.74 Å². The summed E-state index contributed by atoms with van der Waals surface area (Å²) < 4.78 is 5.72. The number of ether oxygens (including phenoxy) is 1. The second-order valence-corrected chi connectivity index (χ2v) is 8.00. The molecule has 1 unspecified atom stereocenters. The third kappa shape index (κ3) is 5.27. The first kappa shape index (κ1) is 16.0. The molecule has 1 rings (SSSR count). The first-order valence-corrected chi connectivity index (χ1v) is 8.54. The Morgan fingerprint density at radius 3 is 2.44 bits per heavy atom. The Balaban J connectivity index is 2.49. The predicted octanol–water partition coefficient (Wildman–Crippen LogP) is 4.31. The number of carbonyl (C=O) groups excluding carboxylic acids is 1. The van der Waals surface area contributed by atoms with Gasteiger partial charge in [-0.05, 0) is 24.0 Å². The van der Waals surface area contributed by atoms with Crippen molar-refractivity contribution in [1.82, 2.24) is 0 Å². The molecule has 0 saturated heterocycles. The molecule has 0 saturated carbocycles. The monoisotopic (exact) mass is 288 g/mol. The Morgan fingerprint density at radius 1 is 1.33 bits per heavy atom. The molecule has 0 N–H and O–H groups in total. The van der Waals surface area contributed by atoms with E-state index < -0.39 is 4.93 Å². The van der Waals surface area contributed by atoms with Crippen molar-refractivity contribution in [3.8, 4) is 0 Å². The number of hydrogen-bond acceptors (Lipinski definition) is 4. The van der Waals surface area contributed by atoms with E-state index in [-0.39, 0.29) is 0 Å². The number of carbonyl (C=O) groups is 1. The lowest BCUT2D eigenvalue weighted by Gasteiger charge is -2.31. The molecule has 0 aliphatic carbocycles. The molecule has 1 aliphatic rings. The van der Waals surface area contributed by atoms with E-state index in [2.05, 4.69) is 27.7 Å². The molecule has 0 radical (unpaired) electrons. The van der Waals surface area contributed by atoms with Gasteiger partial charge in [0.1, 0.15) is 0 Å². The fourth-order valence-electron chi connectivity index (χ4n) is 1.50. The lowest BCUT2D eigenvalue weighted by atomic mass is 10.2. The van der Waals surface area contributed by atoms with Crippen LogP contribution in [0.25, 0.3) is 0 Å². The van der Waals surface area contributed by atoms with E-state index in [1.54, 1.807) is 18.0 Å². The zero-order valence-corrected chi connectivity index (χ0v) is 13.4. The van der Waals surface area contributed by atoms with Gasteiger partial charge in [-0.25, -0.2) is 0 Å². The second kappa shape index (κ2) is 7.49. The normalized spacial score (nSPS) is 24.0. The van der Waals surface area contributed by atoms with Crippen LogP contribution in [0.2, 0.25) is 0 Å². The maximum Gasteiger partial charge on any atom is 0.209 e. The van der Waals surface area contributed by atoms with Crippen LogP contribution < -0.4 is 0 Å². The van der Waals surface area contributed by atoms with Crippen LogP contribution in [-0.2, 0) is 9.53 Å². The minimum Gasteiger partial charge on any atom is -0.476 e. The lowest BCUT2D eigenvalue weighted by molar-refractivity contribution is -0.118. The van der Waals surface area contributed by atoms with Gasteiger partial charge in [-0.15, -0.1) is 23.5 Å². The third-order valence-corrected chi connectivity index (χ3v) is 5.78. The molecule has 0 spiro atoms. The van der Waals surface area contributed by atoms with Crippen LogP contribution in [0.4, 0.5) is 0 Å². The summed E-state index contributed by atoms with van der Waals surface area (Å²) in [6, 6.07) is 0. The summed E-state index contributed by atoms with van der Waals surface area (Å²) in [5.41, 5.74) is 0. The summed E-state index contributed by atoms with van der Waals surface area (Å²) in [5.74, 6) is 3.34. The van der Waals surface area contributed by atoms with E-state index in [1.165, 1.54) is 4.91 Å². The van der Waals surface area contributed by atoms with Gasteiger partial charge in [0.15, 0.2) is 6.29 Å². The van der Waals surface area contributed by atoms with Gasteiger partial charge in [-0.3, -0.25) is 4.79 Å². The molecule has 1 aliphatic heterocycles. The maximum absolute atomic E-state index is 11.3. The second-order valence-electron chi connectivity index (χ2n) is 5.54. The van der Waals surface area contributed by atoms with E-state index in [0.29, 0.717) is 11.8 Å². The number of hydrogen-bond donors (Lipinski definition) is 0. The quantitative estimate of drug-likeness (QED) is 0.652. The Hall–Kier alpha value is -0.0900. The Kier molecular flexibility index (Phi) is 6.64. The van der Waals surface area contributed by atoms with E-state index in [0.717, 1.165) is 30.6 Å². The topological polar surface area (TPSA) is 26.3 Å². The molecule has 0 amide bonds. The molecule has 0 fully saturated rings. The molecule has 2 nitrogen and oxygen atoms in total. The fourth-order valence-corrected chi connectivity index (χ4v) is 3.45. The summed E-state index contributed by atoms with van der Waals surface area (Å²) in [4.78, 5) is 11.9. The molecule has 0 aromatic heterocycles. The molecule has 1 atom stereocenters. The van der Waals surface area contributed by atoms with Crippen molar-refractivity contribution in [2.75, 3.05) is 11.5 Å². The number of aldehydes is 1. The zero-order chi connectivity index (χ0) is 13.6. The van der Waals surface area contributed by atoms with Crippen LogP contribution in [0.5, 0.6) is 0 Å². The SMILES string of the molecule is CC(C)CSC1=COC(C=O)(SCC(C)C)CC1. The Labute approximate surface area is 119 Å². The van der Waals surface area contributed by atoms with Crippen molar-refractivity contribution in [1.29, 1.82) is 0 Å². The lowest BCUT2D eigenvalue weighted by Crippen LogP contribution is -2.32. The van der Waals surface area contributed by atoms with Crippen LogP contribution in [0.3, 0.4) is 0 Å². The van der Waals surface area contributed by atoms with Gasteiger partial charge in [0.2, 0.25) is 4.93 Å². The average Bonchev–Trinajstić information content (AvgIpc) is 2.35. The highest BCUT2D eigenvalue weighted by Gasteiger charge is 2.34. The van der Waals surface area contributed by atoms with Gasteiger partial charge in [0.25, 0.3) is 0 Å². The van der Waals surface area contributed by atoms with Gasteiger partial charge in [0.05, 0.1) is 6.26 Å². The van der Waals surface area contributed by atoms with Gasteiger partial charge in [0, 0.05) is 17.1 Å². The molecule has 0 aromatic rings. The molecular weight excluding hydrogens is 264 g/mol. The average molecular weight is 288 g/mol. The first-order chi connectivity index (χ1) is 8.47. The summed E-state index contributed by atoms with van der Waals surface area (Å²) >= 11 is 3.49. The third-order valence-electron chi connectivity index (χ3n) is 2.55. The van der Waals surface area contributed by atoms with E-state index >= 15 is 0 Å². The van der Waals surface area contributed by atoms with Crippen molar-refractivity contribution in [2.45, 2.75) is 45.5 Å². The fraction of sp³-hybridized carbons (Fsp3) is 0.786. The molecule has 4 heteroatoms. The Morgan fingerprint density at radius 2 is 2.00 bits per heavy atom. The molecular formula is C14H24O2S2. The van der Waals surface area contributed by atoms with Crippen LogP contribution in [0.1, 0.15) is 40.5 Å². The predicted molar refractivity (Wildman–Crippen MR) is 81.8 cm³/mol. The first-order valence-electron chi connectivity index (χ1n) is 6.57. The van der Waals surface area contributed by atoms with E-state index in [9.17, 15) is 4.79 Å². The smallest absolute Gasteiger partial charge is 0.209 e. The maximum atomic E-state index is 11.3. The van der Waals surface area contributed by atoms with Crippen LogP contribution in [-0.4, -0.2) is 22.7 Å². The molecule has 0 bridgehead atoms.